The highest BCUT2D eigenvalue weighted by atomic mass is 15.2. The van der Waals surface area contributed by atoms with Crippen LogP contribution in [0.2, 0.25) is 0 Å². The lowest BCUT2D eigenvalue weighted by Gasteiger charge is -2.55. The van der Waals surface area contributed by atoms with Crippen molar-refractivity contribution in [2.45, 2.75) is 39.3 Å². The number of rotatable bonds is 3. The van der Waals surface area contributed by atoms with E-state index in [0.29, 0.717) is 5.41 Å². The van der Waals surface area contributed by atoms with Gasteiger partial charge in [-0.25, -0.2) is 0 Å². The smallest absolute Gasteiger partial charge is 0.0233 e. The van der Waals surface area contributed by atoms with Gasteiger partial charge in [0.1, 0.15) is 0 Å². The van der Waals surface area contributed by atoms with Gasteiger partial charge in [0.15, 0.2) is 0 Å². The molecule has 0 aromatic heterocycles. The maximum atomic E-state index is 2.62. The highest BCUT2D eigenvalue weighted by Crippen LogP contribution is 2.41. The van der Waals surface area contributed by atoms with Crippen LogP contribution in [0.25, 0.3) is 0 Å². The second kappa shape index (κ2) is 5.26. The Morgan fingerprint density at radius 1 is 1.05 bits per heavy atom. The molecule has 0 saturated carbocycles. The fourth-order valence-corrected chi connectivity index (χ4v) is 3.52. The van der Waals surface area contributed by atoms with E-state index < -0.39 is 0 Å². The molecule has 2 aliphatic rings. The standard InChI is InChI=1S/C17H26N2/c1-15(2)19-13-17(14-19)8-10-18(11-9-17)12-16-6-4-3-5-7-16/h3-7,15H,8-14H2,1-2H3. The van der Waals surface area contributed by atoms with E-state index in [0.717, 1.165) is 12.6 Å². The van der Waals surface area contributed by atoms with Crippen molar-refractivity contribution in [3.05, 3.63) is 35.9 Å². The van der Waals surface area contributed by atoms with E-state index in [9.17, 15) is 0 Å². The molecule has 1 aromatic rings. The first-order chi connectivity index (χ1) is 9.17. The molecule has 1 spiro atoms. The summed E-state index contributed by atoms with van der Waals surface area (Å²) in [6, 6.07) is 11.6. The van der Waals surface area contributed by atoms with E-state index in [-0.39, 0.29) is 0 Å². The molecule has 3 rings (SSSR count). The summed E-state index contributed by atoms with van der Waals surface area (Å²) in [5.41, 5.74) is 2.12. The van der Waals surface area contributed by atoms with Crippen LogP contribution in [0, 0.1) is 5.41 Å². The van der Waals surface area contributed by atoms with Gasteiger partial charge < -0.3 is 0 Å². The van der Waals surface area contributed by atoms with Crippen molar-refractivity contribution in [3.63, 3.8) is 0 Å². The van der Waals surface area contributed by atoms with Crippen LogP contribution in [-0.4, -0.2) is 42.0 Å². The Morgan fingerprint density at radius 2 is 1.68 bits per heavy atom. The Bertz CT molecular complexity index is 397. The molecule has 104 valence electrons. The predicted molar refractivity (Wildman–Crippen MR) is 80.1 cm³/mol. The van der Waals surface area contributed by atoms with Crippen LogP contribution in [0.3, 0.4) is 0 Å². The lowest BCUT2D eigenvalue weighted by Crippen LogP contribution is -2.61. The first kappa shape index (κ1) is 13.1. The third-order valence-corrected chi connectivity index (χ3v) is 4.97. The van der Waals surface area contributed by atoms with E-state index in [1.807, 2.05) is 0 Å². The van der Waals surface area contributed by atoms with Crippen molar-refractivity contribution >= 4 is 0 Å². The minimum Gasteiger partial charge on any atom is -0.300 e. The fraction of sp³-hybridized carbons (Fsp3) is 0.647. The summed E-state index contributed by atoms with van der Waals surface area (Å²) < 4.78 is 0. The van der Waals surface area contributed by atoms with Crippen molar-refractivity contribution in [1.29, 1.82) is 0 Å². The van der Waals surface area contributed by atoms with Crippen molar-refractivity contribution in [2.75, 3.05) is 26.2 Å². The van der Waals surface area contributed by atoms with Gasteiger partial charge in [-0.1, -0.05) is 30.3 Å². The summed E-state index contributed by atoms with van der Waals surface area (Å²) in [6.07, 6.45) is 2.78. The van der Waals surface area contributed by atoms with Crippen molar-refractivity contribution < 1.29 is 0 Å². The summed E-state index contributed by atoms with van der Waals surface area (Å²) in [4.78, 5) is 5.24. The lowest BCUT2D eigenvalue weighted by molar-refractivity contribution is -0.0633. The molecule has 0 radical (unpaired) electrons. The quantitative estimate of drug-likeness (QED) is 0.822. The Balaban J connectivity index is 1.48. The largest absolute Gasteiger partial charge is 0.300 e. The van der Waals surface area contributed by atoms with Gasteiger partial charge in [-0.15, -0.1) is 0 Å². The summed E-state index contributed by atoms with van der Waals surface area (Å²) in [5.74, 6) is 0. The van der Waals surface area contributed by atoms with Gasteiger partial charge in [-0.05, 0) is 50.8 Å². The van der Waals surface area contributed by atoms with Crippen LogP contribution >= 0.6 is 0 Å². The van der Waals surface area contributed by atoms with Crippen molar-refractivity contribution in [2.24, 2.45) is 5.41 Å². The molecule has 2 heterocycles. The molecule has 0 N–H and O–H groups in total. The number of piperidine rings is 1. The number of hydrogen-bond donors (Lipinski definition) is 0. The predicted octanol–water partition coefficient (Wildman–Crippen LogP) is 2.99. The molecule has 2 fully saturated rings. The van der Waals surface area contributed by atoms with E-state index in [2.05, 4.69) is 54.0 Å². The first-order valence-corrected chi connectivity index (χ1v) is 7.67. The molecule has 0 atom stereocenters. The molecule has 0 unspecified atom stereocenters. The van der Waals surface area contributed by atoms with Gasteiger partial charge in [0.25, 0.3) is 0 Å². The second-order valence-corrected chi connectivity index (χ2v) is 6.76. The maximum absolute atomic E-state index is 2.62. The van der Waals surface area contributed by atoms with Crippen LogP contribution < -0.4 is 0 Å². The van der Waals surface area contributed by atoms with E-state index in [4.69, 9.17) is 0 Å². The Morgan fingerprint density at radius 3 is 2.26 bits per heavy atom. The molecule has 0 bridgehead atoms. The topological polar surface area (TPSA) is 6.48 Å². The number of benzene rings is 1. The molecule has 2 aliphatic heterocycles. The van der Waals surface area contributed by atoms with Gasteiger partial charge in [-0.2, -0.15) is 0 Å². The minimum absolute atomic E-state index is 0.664. The summed E-state index contributed by atoms with van der Waals surface area (Å²) >= 11 is 0. The zero-order chi connectivity index (χ0) is 13.3. The van der Waals surface area contributed by atoms with Crippen LogP contribution in [0.1, 0.15) is 32.3 Å². The molecule has 2 saturated heterocycles. The third kappa shape index (κ3) is 2.85. The van der Waals surface area contributed by atoms with Crippen LogP contribution in [-0.2, 0) is 6.54 Å². The first-order valence-electron chi connectivity index (χ1n) is 7.67. The summed E-state index contributed by atoms with van der Waals surface area (Å²) in [7, 11) is 0. The van der Waals surface area contributed by atoms with Crippen molar-refractivity contribution in [1.82, 2.24) is 9.80 Å². The third-order valence-electron chi connectivity index (χ3n) is 4.97. The van der Waals surface area contributed by atoms with E-state index >= 15 is 0 Å². The Labute approximate surface area is 117 Å². The molecular weight excluding hydrogens is 232 g/mol. The molecule has 1 aromatic carbocycles. The van der Waals surface area contributed by atoms with Gasteiger partial charge in [0.05, 0.1) is 0 Å². The normalized spacial score (nSPS) is 23.7. The lowest BCUT2D eigenvalue weighted by atomic mass is 9.71. The monoisotopic (exact) mass is 258 g/mol. The molecular formula is C17H26N2. The van der Waals surface area contributed by atoms with Gasteiger partial charge in [0.2, 0.25) is 0 Å². The van der Waals surface area contributed by atoms with Crippen LogP contribution in [0.15, 0.2) is 30.3 Å². The summed E-state index contributed by atoms with van der Waals surface area (Å²) in [6.45, 7) is 11.0. The fourth-order valence-electron chi connectivity index (χ4n) is 3.52. The van der Waals surface area contributed by atoms with Gasteiger partial charge in [0, 0.05) is 25.7 Å². The van der Waals surface area contributed by atoms with Gasteiger partial charge >= 0.3 is 0 Å². The highest BCUT2D eigenvalue weighted by molar-refractivity contribution is 5.14. The average Bonchev–Trinajstić information content (AvgIpc) is 2.38. The molecule has 0 aliphatic carbocycles. The van der Waals surface area contributed by atoms with E-state index in [1.54, 1.807) is 0 Å². The molecule has 2 heteroatoms. The maximum Gasteiger partial charge on any atom is 0.0233 e. The number of hydrogen-bond acceptors (Lipinski definition) is 2. The van der Waals surface area contributed by atoms with Crippen LogP contribution in [0.5, 0.6) is 0 Å². The van der Waals surface area contributed by atoms with E-state index in [1.165, 1.54) is 44.6 Å². The Hall–Kier alpha value is -0.860. The average molecular weight is 258 g/mol. The van der Waals surface area contributed by atoms with Crippen LogP contribution in [0.4, 0.5) is 0 Å². The minimum atomic E-state index is 0.664. The van der Waals surface area contributed by atoms with Crippen molar-refractivity contribution in [3.8, 4) is 0 Å². The number of nitrogens with zero attached hydrogens (tertiary/aromatic N) is 2. The highest BCUT2D eigenvalue weighted by Gasteiger charge is 2.45. The SMILES string of the molecule is CC(C)N1CC2(CCN(Cc3ccccc3)CC2)C1. The Kier molecular flexibility index (Phi) is 3.64. The molecule has 0 amide bonds. The zero-order valence-electron chi connectivity index (χ0n) is 12.3. The number of likely N-dealkylation sites (tertiary alicyclic amines) is 2. The molecule has 19 heavy (non-hydrogen) atoms. The second-order valence-electron chi connectivity index (χ2n) is 6.76. The molecule has 2 nitrogen and oxygen atoms in total. The summed E-state index contributed by atoms with van der Waals surface area (Å²) in [5, 5.41) is 0. The van der Waals surface area contributed by atoms with Gasteiger partial charge in [-0.3, -0.25) is 9.80 Å². The zero-order valence-corrected chi connectivity index (χ0v) is 12.3.